The Balaban J connectivity index is 2.90. The highest BCUT2D eigenvalue weighted by Gasteiger charge is 2.16. The van der Waals surface area contributed by atoms with Crippen LogP contribution in [-0.4, -0.2) is 29.1 Å². The van der Waals surface area contributed by atoms with E-state index in [9.17, 15) is 9.59 Å². The van der Waals surface area contributed by atoms with Crippen molar-refractivity contribution in [2.24, 2.45) is 0 Å². The van der Waals surface area contributed by atoms with Crippen molar-refractivity contribution < 1.29 is 19.4 Å². The number of carboxylic acids is 1. The van der Waals surface area contributed by atoms with E-state index in [1.165, 1.54) is 6.92 Å². The van der Waals surface area contributed by atoms with Crippen molar-refractivity contribution in [2.75, 3.05) is 0 Å². The van der Waals surface area contributed by atoms with Gasteiger partial charge < -0.3 is 15.2 Å². The van der Waals surface area contributed by atoms with Crippen molar-refractivity contribution in [1.82, 2.24) is 5.32 Å². The smallest absolute Gasteiger partial charge is 0.325 e. The Morgan fingerprint density at radius 1 is 1.26 bits per heavy atom. The zero-order valence-electron chi connectivity index (χ0n) is 10.9. The van der Waals surface area contributed by atoms with Crippen molar-refractivity contribution >= 4 is 27.8 Å². The molecule has 0 fully saturated rings. The zero-order chi connectivity index (χ0) is 14.6. The lowest BCUT2D eigenvalue weighted by atomic mass is 10.2. The SMILES string of the molecule is CC(C)Oc1cc(Br)cc(C(=O)N[C@H](C)C(=O)O)c1. The molecule has 2 N–H and O–H groups in total. The van der Waals surface area contributed by atoms with E-state index in [0.29, 0.717) is 15.8 Å². The Morgan fingerprint density at radius 3 is 2.42 bits per heavy atom. The standard InChI is InChI=1S/C13H16BrNO4/c1-7(2)19-11-5-9(4-10(14)6-11)12(16)15-8(3)13(17)18/h4-8H,1-3H3,(H,15,16)(H,17,18)/t8-/m1/s1. The van der Waals surface area contributed by atoms with Crippen molar-refractivity contribution in [1.29, 1.82) is 0 Å². The van der Waals surface area contributed by atoms with Gasteiger partial charge in [-0.2, -0.15) is 0 Å². The molecule has 1 aromatic carbocycles. The predicted octanol–water partition coefficient (Wildman–Crippen LogP) is 2.44. The molecule has 1 atom stereocenters. The predicted molar refractivity (Wildman–Crippen MR) is 74.5 cm³/mol. The van der Waals surface area contributed by atoms with Gasteiger partial charge in [-0.3, -0.25) is 9.59 Å². The normalized spacial score (nSPS) is 12.1. The number of carboxylic acid groups (broad SMARTS) is 1. The van der Waals surface area contributed by atoms with E-state index in [2.05, 4.69) is 21.2 Å². The molecule has 0 aliphatic heterocycles. The minimum absolute atomic E-state index is 0.0110. The highest BCUT2D eigenvalue weighted by atomic mass is 79.9. The summed E-state index contributed by atoms with van der Waals surface area (Å²) >= 11 is 3.29. The molecule has 19 heavy (non-hydrogen) atoms. The number of ether oxygens (including phenoxy) is 1. The molecule has 1 rings (SSSR count). The third-order valence-corrected chi connectivity index (χ3v) is 2.68. The Labute approximate surface area is 120 Å². The molecule has 0 saturated heterocycles. The summed E-state index contributed by atoms with van der Waals surface area (Å²) in [5.41, 5.74) is 0.345. The number of rotatable bonds is 5. The molecule has 0 aromatic heterocycles. The van der Waals surface area contributed by atoms with Gasteiger partial charge in [0.25, 0.3) is 5.91 Å². The molecule has 0 spiro atoms. The lowest BCUT2D eigenvalue weighted by Gasteiger charge is -2.13. The summed E-state index contributed by atoms with van der Waals surface area (Å²) in [6.45, 7) is 5.17. The van der Waals surface area contributed by atoms with Gasteiger partial charge >= 0.3 is 5.97 Å². The summed E-state index contributed by atoms with van der Waals surface area (Å²) in [7, 11) is 0. The van der Waals surface area contributed by atoms with Crippen LogP contribution in [0.1, 0.15) is 31.1 Å². The van der Waals surface area contributed by atoms with Crippen LogP contribution in [0.5, 0.6) is 5.75 Å². The second-order valence-corrected chi connectivity index (χ2v) is 5.29. The maximum atomic E-state index is 11.9. The Morgan fingerprint density at radius 2 is 1.89 bits per heavy atom. The molecular weight excluding hydrogens is 314 g/mol. The van der Waals surface area contributed by atoms with Crippen LogP contribution in [0.25, 0.3) is 0 Å². The summed E-state index contributed by atoms with van der Waals surface area (Å²) in [6.07, 6.45) is -0.0110. The number of amides is 1. The van der Waals surface area contributed by atoms with Gasteiger partial charge in [-0.05, 0) is 39.0 Å². The molecule has 0 radical (unpaired) electrons. The van der Waals surface area contributed by atoms with Crippen LogP contribution in [0.2, 0.25) is 0 Å². The summed E-state index contributed by atoms with van der Waals surface area (Å²) in [5.74, 6) is -0.982. The highest BCUT2D eigenvalue weighted by molar-refractivity contribution is 9.10. The minimum Gasteiger partial charge on any atom is -0.491 e. The van der Waals surface area contributed by atoms with Gasteiger partial charge in [0.05, 0.1) is 6.10 Å². The molecule has 0 unspecified atom stereocenters. The van der Waals surface area contributed by atoms with Crippen LogP contribution >= 0.6 is 15.9 Å². The van der Waals surface area contributed by atoms with Crippen molar-refractivity contribution in [3.05, 3.63) is 28.2 Å². The van der Waals surface area contributed by atoms with Crippen LogP contribution in [0.4, 0.5) is 0 Å². The number of benzene rings is 1. The molecule has 0 aliphatic carbocycles. The molecule has 1 amide bonds. The van der Waals surface area contributed by atoms with E-state index in [4.69, 9.17) is 9.84 Å². The molecule has 6 heteroatoms. The monoisotopic (exact) mass is 329 g/mol. The van der Waals surface area contributed by atoms with Crippen LogP contribution < -0.4 is 10.1 Å². The number of halogens is 1. The Hall–Kier alpha value is -1.56. The van der Waals surface area contributed by atoms with E-state index in [1.54, 1.807) is 18.2 Å². The molecule has 0 saturated carbocycles. The molecule has 5 nitrogen and oxygen atoms in total. The number of hydrogen-bond donors (Lipinski definition) is 2. The molecule has 0 bridgehead atoms. The molecule has 1 aromatic rings. The van der Waals surface area contributed by atoms with Gasteiger partial charge in [-0.25, -0.2) is 0 Å². The minimum atomic E-state index is -1.08. The molecule has 104 valence electrons. The topological polar surface area (TPSA) is 75.6 Å². The number of nitrogens with one attached hydrogen (secondary N) is 1. The van der Waals surface area contributed by atoms with Crippen LogP contribution in [0.3, 0.4) is 0 Å². The first-order chi connectivity index (χ1) is 8.79. The third-order valence-electron chi connectivity index (χ3n) is 2.22. The summed E-state index contributed by atoms with van der Waals surface area (Å²) in [4.78, 5) is 22.6. The molecular formula is C13H16BrNO4. The number of aliphatic carboxylic acids is 1. The second kappa shape index (κ2) is 6.56. The fraction of sp³-hybridized carbons (Fsp3) is 0.385. The number of carbonyl (C=O) groups excluding carboxylic acids is 1. The zero-order valence-corrected chi connectivity index (χ0v) is 12.5. The van der Waals surface area contributed by atoms with Crippen molar-refractivity contribution in [2.45, 2.75) is 32.9 Å². The summed E-state index contributed by atoms with van der Waals surface area (Å²) < 4.78 is 6.21. The van der Waals surface area contributed by atoms with Gasteiger partial charge in [0.15, 0.2) is 0 Å². The van der Waals surface area contributed by atoms with E-state index in [1.807, 2.05) is 13.8 Å². The van der Waals surface area contributed by atoms with Gasteiger partial charge in [0.1, 0.15) is 11.8 Å². The lowest BCUT2D eigenvalue weighted by molar-refractivity contribution is -0.138. The third kappa shape index (κ3) is 4.90. The van der Waals surface area contributed by atoms with Crippen LogP contribution in [0.15, 0.2) is 22.7 Å². The first kappa shape index (κ1) is 15.5. The quantitative estimate of drug-likeness (QED) is 0.869. The van der Waals surface area contributed by atoms with Crippen LogP contribution in [-0.2, 0) is 4.79 Å². The Kier molecular flexibility index (Phi) is 5.35. The maximum Gasteiger partial charge on any atom is 0.325 e. The largest absolute Gasteiger partial charge is 0.491 e. The molecule has 0 aliphatic rings. The van der Waals surface area contributed by atoms with Crippen LogP contribution in [0, 0.1) is 0 Å². The highest BCUT2D eigenvalue weighted by Crippen LogP contribution is 2.22. The van der Waals surface area contributed by atoms with Gasteiger partial charge in [0, 0.05) is 10.0 Å². The van der Waals surface area contributed by atoms with Gasteiger partial charge in [0.2, 0.25) is 0 Å². The van der Waals surface area contributed by atoms with Gasteiger partial charge in [-0.15, -0.1) is 0 Å². The summed E-state index contributed by atoms with van der Waals surface area (Å²) in [5, 5.41) is 11.1. The average Bonchev–Trinajstić information content (AvgIpc) is 2.26. The van der Waals surface area contributed by atoms with E-state index in [0.717, 1.165) is 0 Å². The van der Waals surface area contributed by atoms with E-state index < -0.39 is 17.9 Å². The maximum absolute atomic E-state index is 11.9. The van der Waals surface area contributed by atoms with Crippen molar-refractivity contribution in [3.8, 4) is 5.75 Å². The van der Waals surface area contributed by atoms with Crippen molar-refractivity contribution in [3.63, 3.8) is 0 Å². The first-order valence-electron chi connectivity index (χ1n) is 5.80. The molecule has 0 heterocycles. The van der Waals surface area contributed by atoms with E-state index in [-0.39, 0.29) is 6.10 Å². The number of hydrogen-bond acceptors (Lipinski definition) is 3. The fourth-order valence-corrected chi connectivity index (χ4v) is 1.85. The number of carbonyl (C=O) groups is 2. The first-order valence-corrected chi connectivity index (χ1v) is 6.60. The summed E-state index contributed by atoms with van der Waals surface area (Å²) in [6, 6.07) is 3.99. The Bertz CT molecular complexity index is 488. The average molecular weight is 330 g/mol. The van der Waals surface area contributed by atoms with E-state index >= 15 is 0 Å². The van der Waals surface area contributed by atoms with Gasteiger partial charge in [-0.1, -0.05) is 15.9 Å². The second-order valence-electron chi connectivity index (χ2n) is 4.38. The fourth-order valence-electron chi connectivity index (χ4n) is 1.38. The lowest BCUT2D eigenvalue weighted by Crippen LogP contribution is -2.38.